The molecule has 3 aromatic rings. The molecule has 0 bridgehead atoms. The van der Waals surface area contributed by atoms with E-state index in [-0.39, 0.29) is 60.4 Å². The molecule has 4 heterocycles. The zero-order chi connectivity index (χ0) is 24.1. The van der Waals surface area contributed by atoms with E-state index >= 15 is 4.39 Å². The van der Waals surface area contributed by atoms with Gasteiger partial charge in [-0.3, -0.25) is 9.69 Å². The predicted molar refractivity (Wildman–Crippen MR) is 130 cm³/mol. The van der Waals surface area contributed by atoms with Crippen LogP contribution in [0.5, 0.6) is 5.88 Å². The van der Waals surface area contributed by atoms with Crippen molar-refractivity contribution in [3.05, 3.63) is 35.9 Å². The summed E-state index contributed by atoms with van der Waals surface area (Å²) in [6.45, 7) is 4.20. The predicted octanol–water partition coefficient (Wildman–Crippen LogP) is 3.60. The number of ether oxygens (including phenoxy) is 2. The molecule has 184 valence electrons. The number of pyridine rings is 2. The molecule has 12 heteroatoms. The van der Waals surface area contributed by atoms with E-state index in [0.29, 0.717) is 34.2 Å². The first-order valence-corrected chi connectivity index (χ1v) is 10.7. The number of hydrogen-bond acceptors (Lipinski definition) is 7. The number of carbonyl (C=O) groups excluding carboxylic acids is 1. The van der Waals surface area contributed by atoms with Gasteiger partial charge in [-0.1, -0.05) is 6.92 Å². The third kappa shape index (κ3) is 4.06. The van der Waals surface area contributed by atoms with Crippen LogP contribution in [0.15, 0.2) is 24.5 Å². The maximum atomic E-state index is 15.4. The van der Waals surface area contributed by atoms with Crippen molar-refractivity contribution in [3.63, 3.8) is 0 Å². The average Bonchev–Trinajstić information content (AvgIpc) is 3.22. The Labute approximate surface area is 205 Å². The number of rotatable bonds is 3. The number of fused-ring (bicyclic) bond motifs is 2. The lowest BCUT2D eigenvalue weighted by molar-refractivity contribution is -0.118. The minimum atomic E-state index is -1.16. The molecule has 4 N–H and O–H groups in total. The molecule has 0 unspecified atom stereocenters. The third-order valence-electron chi connectivity index (χ3n) is 6.29. The molecule has 1 saturated heterocycles. The Hall–Kier alpha value is -3.70. The first kappa shape index (κ1) is 24.4. The van der Waals surface area contributed by atoms with E-state index in [2.05, 4.69) is 15.3 Å². The van der Waals surface area contributed by atoms with Gasteiger partial charge in [0.2, 0.25) is 5.88 Å². The van der Waals surface area contributed by atoms with Crippen LogP contribution in [0.25, 0.3) is 21.9 Å². The molecule has 2 aliphatic rings. The highest BCUT2D eigenvalue weighted by molar-refractivity contribution is 6.01. The quantitative estimate of drug-likeness (QED) is 0.460. The van der Waals surface area contributed by atoms with Gasteiger partial charge < -0.3 is 25.6 Å². The number of carboxylic acid groups (broad SMARTS) is 1. The summed E-state index contributed by atoms with van der Waals surface area (Å²) < 4.78 is 26.1. The summed E-state index contributed by atoms with van der Waals surface area (Å²) >= 11 is 0. The molecule has 0 aliphatic carbocycles. The molecule has 5 rings (SSSR count). The lowest BCUT2D eigenvalue weighted by atomic mass is 9.97. The summed E-state index contributed by atoms with van der Waals surface area (Å²) in [6.07, 6.45) is 1.67. The largest absolute Gasteiger partial charge is 0.466 e. The number of amides is 2. The summed E-state index contributed by atoms with van der Waals surface area (Å²) in [4.78, 5) is 33.5. The van der Waals surface area contributed by atoms with Gasteiger partial charge in [-0.05, 0) is 30.0 Å². The molecule has 2 aliphatic heterocycles. The Morgan fingerprint density at radius 1 is 1.26 bits per heavy atom. The van der Waals surface area contributed by atoms with E-state index in [0.717, 1.165) is 0 Å². The Morgan fingerprint density at radius 3 is 2.71 bits per heavy atom. The molecule has 2 aromatic heterocycles. The number of nitrogens with one attached hydrogen (secondary N) is 1. The zero-order valence-corrected chi connectivity index (χ0v) is 19.7. The monoisotopic (exact) mass is 503 g/mol. The van der Waals surface area contributed by atoms with E-state index in [1.165, 1.54) is 17.3 Å². The number of benzene rings is 1. The normalized spacial score (nSPS) is 18.9. The topological polar surface area (TPSA) is 140 Å². The second-order valence-corrected chi connectivity index (χ2v) is 8.46. The van der Waals surface area contributed by atoms with Gasteiger partial charge in [0.05, 0.1) is 24.9 Å². The number of aromatic nitrogens is 2. The van der Waals surface area contributed by atoms with Crippen LogP contribution in [0.1, 0.15) is 12.5 Å². The molecule has 2 amide bonds. The molecule has 0 saturated carbocycles. The minimum Gasteiger partial charge on any atom is -0.466 e. The van der Waals surface area contributed by atoms with Crippen molar-refractivity contribution in [1.82, 2.24) is 9.97 Å². The minimum absolute atomic E-state index is 0. The summed E-state index contributed by atoms with van der Waals surface area (Å²) in [5.41, 5.74) is 7.51. The molecule has 10 nitrogen and oxygen atoms in total. The highest BCUT2D eigenvalue weighted by Crippen LogP contribution is 2.40. The van der Waals surface area contributed by atoms with Crippen LogP contribution in [0.4, 0.5) is 26.4 Å². The van der Waals surface area contributed by atoms with Gasteiger partial charge in [0.15, 0.2) is 12.4 Å². The van der Waals surface area contributed by atoms with Gasteiger partial charge in [-0.25, -0.2) is 19.2 Å². The number of nitrogens with zero attached hydrogens (tertiary/aromatic N) is 3. The van der Waals surface area contributed by atoms with Gasteiger partial charge in [0.25, 0.3) is 5.91 Å². The zero-order valence-electron chi connectivity index (χ0n) is 18.9. The number of anilines is 3. The summed E-state index contributed by atoms with van der Waals surface area (Å²) in [7, 11) is 0. The van der Waals surface area contributed by atoms with E-state index in [4.69, 9.17) is 15.2 Å². The Balaban J connectivity index is 0.00000289. The Morgan fingerprint density at radius 2 is 2.03 bits per heavy atom. The van der Waals surface area contributed by atoms with Crippen molar-refractivity contribution in [2.24, 2.45) is 5.92 Å². The maximum Gasteiger partial charge on any atom is 0.413 e. The Bertz CT molecular complexity index is 1350. The van der Waals surface area contributed by atoms with E-state index in [1.807, 2.05) is 6.92 Å². The fraction of sp³-hybridized carbons (Fsp3) is 0.304. The number of nitrogens with two attached hydrogens (primary N) is 1. The Kier molecular flexibility index (Phi) is 6.39. The van der Waals surface area contributed by atoms with Crippen molar-refractivity contribution >= 4 is 52.4 Å². The van der Waals surface area contributed by atoms with Gasteiger partial charge in [0, 0.05) is 34.8 Å². The molecule has 1 aromatic carbocycles. The molecular formula is C23H23ClFN5O5. The fourth-order valence-corrected chi connectivity index (χ4v) is 4.42. The first-order chi connectivity index (χ1) is 16.3. The lowest BCUT2D eigenvalue weighted by Crippen LogP contribution is -2.43. The molecular weight excluding hydrogens is 481 g/mol. The van der Waals surface area contributed by atoms with Crippen LogP contribution >= 0.6 is 12.4 Å². The summed E-state index contributed by atoms with van der Waals surface area (Å²) in [6, 6.07) is 2.75. The standard InChI is InChI=1S/C23H22FN5O5.ClH/c1-10-7-33-8-16(10)29(23(31)32)17-4-12-3-13(19(24)20(25)15(12)6-26-17)14-5-27-22-21(11(14)2)28-18(30)9-34-22;/h3-6,10,16H,7-9,25H2,1-2H3,(H,28,30)(H,31,32);1H/t10-,16+;/m1./s1. The van der Waals surface area contributed by atoms with Crippen molar-refractivity contribution in [1.29, 1.82) is 0 Å². The maximum absolute atomic E-state index is 15.4. The van der Waals surface area contributed by atoms with Crippen molar-refractivity contribution < 1.29 is 28.6 Å². The van der Waals surface area contributed by atoms with Crippen molar-refractivity contribution in [2.75, 3.05) is 35.8 Å². The van der Waals surface area contributed by atoms with Gasteiger partial charge in [0.1, 0.15) is 11.5 Å². The lowest BCUT2D eigenvalue weighted by Gasteiger charge is -2.27. The van der Waals surface area contributed by atoms with Crippen LogP contribution in [-0.2, 0) is 9.53 Å². The van der Waals surface area contributed by atoms with Gasteiger partial charge in [-0.2, -0.15) is 0 Å². The van der Waals surface area contributed by atoms with E-state index in [9.17, 15) is 14.7 Å². The highest BCUT2D eigenvalue weighted by Gasteiger charge is 2.35. The van der Waals surface area contributed by atoms with Crippen molar-refractivity contribution in [3.8, 4) is 17.0 Å². The molecule has 0 radical (unpaired) electrons. The summed E-state index contributed by atoms with van der Waals surface area (Å²) in [5, 5.41) is 13.4. The second kappa shape index (κ2) is 9.16. The smallest absolute Gasteiger partial charge is 0.413 e. The number of carbonyl (C=O) groups is 2. The average molecular weight is 504 g/mol. The van der Waals surface area contributed by atoms with E-state index < -0.39 is 18.0 Å². The number of hydrogen-bond donors (Lipinski definition) is 3. The van der Waals surface area contributed by atoms with Crippen molar-refractivity contribution in [2.45, 2.75) is 19.9 Å². The summed E-state index contributed by atoms with van der Waals surface area (Å²) in [5.74, 6) is -0.554. The number of halogens is 2. The third-order valence-corrected chi connectivity index (χ3v) is 6.29. The van der Waals surface area contributed by atoms with Gasteiger partial charge in [-0.15, -0.1) is 12.4 Å². The highest BCUT2D eigenvalue weighted by atomic mass is 35.5. The van der Waals surface area contributed by atoms with Crippen LogP contribution in [0, 0.1) is 18.7 Å². The van der Waals surface area contributed by atoms with Crippen LogP contribution in [0.3, 0.4) is 0 Å². The number of nitrogen functional groups attached to an aromatic ring is 1. The molecule has 35 heavy (non-hydrogen) atoms. The SMILES string of the molecule is Cc1c(-c2cc3cc(N(C(=O)O)[C@H]4COC[C@H]4C)ncc3c(N)c2F)cnc2c1NC(=O)CO2.Cl. The van der Waals surface area contributed by atoms with Crippen LogP contribution < -0.4 is 20.7 Å². The second-order valence-electron chi connectivity index (χ2n) is 8.46. The van der Waals surface area contributed by atoms with Crippen LogP contribution in [-0.4, -0.2) is 52.9 Å². The van der Waals surface area contributed by atoms with E-state index in [1.54, 1.807) is 19.1 Å². The van der Waals surface area contributed by atoms with Crippen LogP contribution in [0.2, 0.25) is 0 Å². The first-order valence-electron chi connectivity index (χ1n) is 10.7. The fourth-order valence-electron chi connectivity index (χ4n) is 4.42. The molecule has 0 spiro atoms. The molecule has 1 fully saturated rings. The van der Waals surface area contributed by atoms with Gasteiger partial charge >= 0.3 is 6.09 Å². The molecule has 2 atom stereocenters.